The molecule has 1 aliphatic rings. The van der Waals surface area contributed by atoms with Crippen LogP contribution in [-0.4, -0.2) is 55.5 Å². The molecule has 0 unspecified atom stereocenters. The Morgan fingerprint density at radius 2 is 1.79 bits per heavy atom. The van der Waals surface area contributed by atoms with Crippen molar-refractivity contribution in [3.63, 3.8) is 0 Å². The van der Waals surface area contributed by atoms with E-state index in [4.69, 9.17) is 0 Å². The Kier molecular flexibility index (Phi) is 6.26. The molecular weight excluding hydrogens is 403 g/mol. The molecule has 9 heteroatoms. The van der Waals surface area contributed by atoms with Crippen LogP contribution >= 0.6 is 11.3 Å². The lowest BCUT2D eigenvalue weighted by Crippen LogP contribution is -2.50. The molecule has 1 fully saturated rings. The van der Waals surface area contributed by atoms with Crippen LogP contribution in [0.4, 0.5) is 4.39 Å². The Hall–Kier alpha value is -2.10. The van der Waals surface area contributed by atoms with Crippen LogP contribution in [0.3, 0.4) is 0 Å². The van der Waals surface area contributed by atoms with Crippen LogP contribution in [0.15, 0.2) is 41.3 Å². The molecule has 28 heavy (non-hydrogen) atoms. The molecule has 1 amide bonds. The minimum Gasteiger partial charge on any atom is -0.340 e. The van der Waals surface area contributed by atoms with Crippen LogP contribution in [-0.2, 0) is 14.8 Å². The second-order valence-corrected chi connectivity index (χ2v) is 9.80. The number of halogens is 1. The monoisotopic (exact) mass is 424 g/mol. The Bertz CT molecular complexity index is 979. The highest BCUT2D eigenvalue weighted by molar-refractivity contribution is 7.89. The summed E-state index contributed by atoms with van der Waals surface area (Å²) >= 11 is 1.41. The maximum atomic E-state index is 13.3. The van der Waals surface area contributed by atoms with E-state index in [9.17, 15) is 22.4 Å². The summed E-state index contributed by atoms with van der Waals surface area (Å²) in [5.41, 5.74) is 0. The predicted molar refractivity (Wildman–Crippen MR) is 104 cm³/mol. The van der Waals surface area contributed by atoms with E-state index in [1.54, 1.807) is 11.0 Å². The molecule has 6 nitrogen and oxygen atoms in total. The molecule has 0 N–H and O–H groups in total. The zero-order valence-corrected chi connectivity index (χ0v) is 17.1. The third-order valence-electron chi connectivity index (χ3n) is 4.61. The first-order valence-electron chi connectivity index (χ1n) is 8.90. The van der Waals surface area contributed by atoms with Crippen LogP contribution in [0.2, 0.25) is 0 Å². The quantitative estimate of drug-likeness (QED) is 0.669. The van der Waals surface area contributed by atoms with Crippen LogP contribution in [0.25, 0.3) is 0 Å². The number of thiophene rings is 1. The number of benzene rings is 1. The Labute approximate surface area is 167 Å². The van der Waals surface area contributed by atoms with Crippen LogP contribution in [0.1, 0.15) is 27.4 Å². The minimum atomic E-state index is -3.79. The molecule has 2 aromatic rings. The minimum absolute atomic E-state index is 0.0567. The third-order valence-corrected chi connectivity index (χ3v) is 7.54. The molecule has 0 spiro atoms. The van der Waals surface area contributed by atoms with Gasteiger partial charge in [0.05, 0.1) is 9.77 Å². The molecule has 1 aromatic heterocycles. The Balaban J connectivity index is 1.53. The van der Waals surface area contributed by atoms with Gasteiger partial charge < -0.3 is 4.90 Å². The van der Waals surface area contributed by atoms with E-state index < -0.39 is 15.8 Å². The number of Topliss-reactive ketones (excluding diaryl/α,β-unsaturated/α-hetero) is 1. The first-order valence-corrected chi connectivity index (χ1v) is 11.2. The van der Waals surface area contributed by atoms with Gasteiger partial charge >= 0.3 is 0 Å². The van der Waals surface area contributed by atoms with Crippen molar-refractivity contribution in [2.45, 2.75) is 24.7 Å². The van der Waals surface area contributed by atoms with Gasteiger partial charge in [0.25, 0.3) is 0 Å². The summed E-state index contributed by atoms with van der Waals surface area (Å²) in [4.78, 5) is 27.7. The van der Waals surface area contributed by atoms with Gasteiger partial charge in [-0.3, -0.25) is 9.59 Å². The summed E-state index contributed by atoms with van der Waals surface area (Å²) in [7, 11) is -3.79. The van der Waals surface area contributed by atoms with Crippen molar-refractivity contribution in [2.24, 2.45) is 0 Å². The second-order valence-electron chi connectivity index (χ2n) is 6.58. The third kappa shape index (κ3) is 4.65. The lowest BCUT2D eigenvalue weighted by atomic mass is 10.1. The molecule has 3 rings (SSSR count). The van der Waals surface area contributed by atoms with Crippen molar-refractivity contribution in [2.75, 3.05) is 26.2 Å². The highest BCUT2D eigenvalue weighted by atomic mass is 32.2. The fraction of sp³-hybridized carbons (Fsp3) is 0.368. The van der Waals surface area contributed by atoms with Gasteiger partial charge in [0.1, 0.15) is 5.82 Å². The SMILES string of the molecule is Cc1ccc(C(=O)CCC(=O)N2CCN(S(=O)(=O)c3cccc(F)c3)CC2)s1. The van der Waals surface area contributed by atoms with Crippen molar-refractivity contribution >= 4 is 33.1 Å². The zero-order valence-electron chi connectivity index (χ0n) is 15.4. The van der Waals surface area contributed by atoms with Crippen LogP contribution in [0, 0.1) is 12.7 Å². The first-order chi connectivity index (χ1) is 13.3. The summed E-state index contributed by atoms with van der Waals surface area (Å²) in [5, 5.41) is 0. The molecular formula is C19H21FN2O4S2. The van der Waals surface area contributed by atoms with Gasteiger partial charge in [-0.15, -0.1) is 11.3 Å². The highest BCUT2D eigenvalue weighted by Crippen LogP contribution is 2.20. The number of hydrogen-bond acceptors (Lipinski definition) is 5. The number of carbonyl (C=O) groups is 2. The van der Waals surface area contributed by atoms with Crippen molar-refractivity contribution < 1.29 is 22.4 Å². The second kappa shape index (κ2) is 8.50. The molecule has 0 aliphatic carbocycles. The number of piperazine rings is 1. The van der Waals surface area contributed by atoms with Gasteiger partial charge in [-0.1, -0.05) is 6.07 Å². The average molecular weight is 425 g/mol. The molecule has 1 aliphatic heterocycles. The van der Waals surface area contributed by atoms with Gasteiger partial charge in [-0.2, -0.15) is 4.31 Å². The number of sulfonamides is 1. The molecule has 1 saturated heterocycles. The van der Waals surface area contributed by atoms with E-state index in [-0.39, 0.29) is 55.6 Å². The standard InChI is InChI=1S/C19H21FN2O4S2/c1-14-5-7-18(27-14)17(23)6-8-19(24)21-9-11-22(12-10-21)28(25,26)16-4-2-3-15(20)13-16/h2-5,7,13H,6,8-12H2,1H3. The molecule has 0 radical (unpaired) electrons. The first kappa shape index (κ1) is 20.6. The van der Waals surface area contributed by atoms with Crippen molar-refractivity contribution in [1.29, 1.82) is 0 Å². The summed E-state index contributed by atoms with van der Waals surface area (Å²) in [6, 6.07) is 8.53. The van der Waals surface area contributed by atoms with Crippen molar-refractivity contribution in [3.8, 4) is 0 Å². The Morgan fingerprint density at radius 3 is 2.39 bits per heavy atom. The molecule has 0 bridgehead atoms. The smallest absolute Gasteiger partial charge is 0.243 e. The normalized spacial score (nSPS) is 15.6. The summed E-state index contributed by atoms with van der Waals surface area (Å²) in [6.07, 6.45) is 0.243. The van der Waals surface area contributed by atoms with Gasteiger partial charge in [-0.25, -0.2) is 12.8 Å². The van der Waals surface area contributed by atoms with E-state index in [0.717, 1.165) is 10.9 Å². The summed E-state index contributed by atoms with van der Waals surface area (Å²) in [5.74, 6) is -0.830. The van der Waals surface area contributed by atoms with Gasteiger partial charge in [0.15, 0.2) is 5.78 Å². The Morgan fingerprint density at radius 1 is 1.07 bits per heavy atom. The zero-order chi connectivity index (χ0) is 20.3. The van der Waals surface area contributed by atoms with Gasteiger partial charge in [0.2, 0.25) is 15.9 Å². The maximum absolute atomic E-state index is 13.3. The predicted octanol–water partition coefficient (Wildman–Crippen LogP) is 2.69. The largest absolute Gasteiger partial charge is 0.340 e. The van der Waals surface area contributed by atoms with E-state index in [1.165, 1.54) is 33.8 Å². The van der Waals surface area contributed by atoms with Crippen LogP contribution < -0.4 is 0 Å². The maximum Gasteiger partial charge on any atom is 0.243 e. The number of carbonyl (C=O) groups excluding carboxylic acids is 2. The lowest BCUT2D eigenvalue weighted by molar-refractivity contribution is -0.132. The molecule has 0 atom stereocenters. The highest BCUT2D eigenvalue weighted by Gasteiger charge is 2.30. The topological polar surface area (TPSA) is 74.8 Å². The number of hydrogen-bond donors (Lipinski definition) is 0. The van der Waals surface area contributed by atoms with E-state index in [2.05, 4.69) is 0 Å². The van der Waals surface area contributed by atoms with E-state index in [1.807, 2.05) is 13.0 Å². The number of aryl methyl sites for hydroxylation is 1. The van der Waals surface area contributed by atoms with E-state index in [0.29, 0.717) is 4.88 Å². The van der Waals surface area contributed by atoms with Crippen molar-refractivity contribution in [1.82, 2.24) is 9.21 Å². The number of ketones is 1. The molecule has 1 aromatic carbocycles. The van der Waals surface area contributed by atoms with Crippen LogP contribution in [0.5, 0.6) is 0 Å². The van der Waals surface area contributed by atoms with Gasteiger partial charge in [0, 0.05) is 43.9 Å². The number of rotatable bonds is 6. The molecule has 2 heterocycles. The van der Waals surface area contributed by atoms with E-state index >= 15 is 0 Å². The number of amides is 1. The number of nitrogens with zero attached hydrogens (tertiary/aromatic N) is 2. The molecule has 0 saturated carbocycles. The van der Waals surface area contributed by atoms with Gasteiger partial charge in [-0.05, 0) is 37.3 Å². The van der Waals surface area contributed by atoms with Crippen molar-refractivity contribution in [3.05, 3.63) is 52.0 Å². The fourth-order valence-corrected chi connectivity index (χ4v) is 5.33. The fourth-order valence-electron chi connectivity index (χ4n) is 3.04. The lowest BCUT2D eigenvalue weighted by Gasteiger charge is -2.34. The summed E-state index contributed by atoms with van der Waals surface area (Å²) < 4.78 is 39.8. The average Bonchev–Trinajstić information content (AvgIpc) is 3.12. The molecule has 150 valence electrons. The summed E-state index contributed by atoms with van der Waals surface area (Å²) in [6.45, 7) is 2.70.